The number of carbonyl (C=O) groups is 1. The van der Waals surface area contributed by atoms with Crippen LogP contribution in [-0.2, 0) is 16.1 Å². The van der Waals surface area contributed by atoms with E-state index in [0.29, 0.717) is 49.2 Å². The second-order valence-corrected chi connectivity index (χ2v) is 6.32. The molecule has 116 valence electrons. The molecule has 21 heavy (non-hydrogen) atoms. The van der Waals surface area contributed by atoms with Gasteiger partial charge in [0.05, 0.1) is 15.5 Å². The highest BCUT2D eigenvalue weighted by Crippen LogP contribution is 2.32. The Hall–Kier alpha value is -0.810. The Balaban J connectivity index is 2.09. The standard InChI is InChI=1S/C15H20Cl2N2O2/c1-19(9-11-2-3-12(16)13(17)8-11)14(20)15(10-18)4-6-21-7-5-15/h2-3,8H,4-7,9-10,18H2,1H3. The molecule has 1 aromatic carbocycles. The maximum Gasteiger partial charge on any atom is 0.230 e. The lowest BCUT2D eigenvalue weighted by atomic mass is 9.79. The van der Waals surface area contributed by atoms with Crippen LogP contribution in [0.25, 0.3) is 0 Å². The van der Waals surface area contributed by atoms with Gasteiger partial charge in [-0.25, -0.2) is 0 Å². The fourth-order valence-electron chi connectivity index (χ4n) is 2.66. The van der Waals surface area contributed by atoms with Gasteiger partial charge >= 0.3 is 0 Å². The number of nitrogens with two attached hydrogens (primary N) is 1. The van der Waals surface area contributed by atoms with Crippen molar-refractivity contribution in [1.82, 2.24) is 4.90 Å². The number of hydrogen-bond acceptors (Lipinski definition) is 3. The second kappa shape index (κ2) is 6.97. The van der Waals surface area contributed by atoms with Crippen LogP contribution in [0.1, 0.15) is 18.4 Å². The third-order valence-electron chi connectivity index (χ3n) is 4.04. The van der Waals surface area contributed by atoms with Gasteiger partial charge in [-0.15, -0.1) is 0 Å². The second-order valence-electron chi connectivity index (χ2n) is 5.51. The fourth-order valence-corrected chi connectivity index (χ4v) is 2.98. The molecule has 0 radical (unpaired) electrons. The van der Waals surface area contributed by atoms with Gasteiger partial charge in [0.25, 0.3) is 0 Å². The van der Waals surface area contributed by atoms with E-state index >= 15 is 0 Å². The average molecular weight is 331 g/mol. The molecule has 6 heteroatoms. The third-order valence-corrected chi connectivity index (χ3v) is 4.78. The van der Waals surface area contributed by atoms with Crippen LogP contribution in [-0.4, -0.2) is 37.6 Å². The van der Waals surface area contributed by atoms with Crippen molar-refractivity contribution in [2.45, 2.75) is 19.4 Å². The van der Waals surface area contributed by atoms with E-state index in [4.69, 9.17) is 33.7 Å². The Morgan fingerprint density at radius 1 is 1.33 bits per heavy atom. The van der Waals surface area contributed by atoms with Gasteiger partial charge in [0, 0.05) is 33.4 Å². The van der Waals surface area contributed by atoms with E-state index in [-0.39, 0.29) is 5.91 Å². The number of amides is 1. The van der Waals surface area contributed by atoms with Crippen molar-refractivity contribution in [1.29, 1.82) is 0 Å². The van der Waals surface area contributed by atoms with E-state index in [1.165, 1.54) is 0 Å². The van der Waals surface area contributed by atoms with E-state index in [9.17, 15) is 4.79 Å². The van der Waals surface area contributed by atoms with Crippen molar-refractivity contribution in [2.75, 3.05) is 26.8 Å². The van der Waals surface area contributed by atoms with Crippen LogP contribution < -0.4 is 5.73 Å². The lowest BCUT2D eigenvalue weighted by molar-refractivity contribution is -0.146. The molecule has 1 fully saturated rings. The van der Waals surface area contributed by atoms with Gasteiger partial charge in [0.15, 0.2) is 0 Å². The van der Waals surface area contributed by atoms with Crippen LogP contribution in [0.3, 0.4) is 0 Å². The Bertz CT molecular complexity index is 516. The number of benzene rings is 1. The number of hydrogen-bond donors (Lipinski definition) is 1. The normalized spacial score (nSPS) is 17.5. The predicted molar refractivity (Wildman–Crippen MR) is 84.5 cm³/mol. The number of rotatable bonds is 4. The van der Waals surface area contributed by atoms with E-state index < -0.39 is 5.41 Å². The first-order chi connectivity index (χ1) is 9.98. The van der Waals surface area contributed by atoms with Gasteiger partial charge in [-0.05, 0) is 30.5 Å². The molecule has 2 N–H and O–H groups in total. The Kier molecular flexibility index (Phi) is 5.49. The van der Waals surface area contributed by atoms with E-state index in [2.05, 4.69) is 0 Å². The molecular formula is C15H20Cl2N2O2. The van der Waals surface area contributed by atoms with Crippen LogP contribution in [0.2, 0.25) is 10.0 Å². The molecule has 0 aliphatic carbocycles. The molecule has 0 aromatic heterocycles. The van der Waals surface area contributed by atoms with Crippen molar-refractivity contribution in [3.8, 4) is 0 Å². The molecule has 1 heterocycles. The van der Waals surface area contributed by atoms with Gasteiger partial charge < -0.3 is 15.4 Å². The lowest BCUT2D eigenvalue weighted by Crippen LogP contribution is -2.49. The molecule has 1 amide bonds. The Labute approximate surface area is 135 Å². The quantitative estimate of drug-likeness (QED) is 0.923. The smallest absolute Gasteiger partial charge is 0.230 e. The molecule has 1 aliphatic heterocycles. The number of carbonyl (C=O) groups excluding carboxylic acids is 1. The van der Waals surface area contributed by atoms with E-state index in [0.717, 1.165) is 5.56 Å². The molecule has 0 saturated carbocycles. The van der Waals surface area contributed by atoms with Crippen LogP contribution in [0, 0.1) is 5.41 Å². The minimum atomic E-state index is -0.497. The van der Waals surface area contributed by atoms with E-state index in [1.54, 1.807) is 24.1 Å². The summed E-state index contributed by atoms with van der Waals surface area (Å²) in [6, 6.07) is 5.40. The highest BCUT2D eigenvalue weighted by molar-refractivity contribution is 6.42. The van der Waals surface area contributed by atoms with Crippen molar-refractivity contribution in [3.63, 3.8) is 0 Å². The predicted octanol–water partition coefficient (Wildman–Crippen LogP) is 2.71. The number of ether oxygens (including phenoxy) is 1. The monoisotopic (exact) mass is 330 g/mol. The number of nitrogens with zero attached hydrogens (tertiary/aromatic N) is 1. The summed E-state index contributed by atoms with van der Waals surface area (Å²) >= 11 is 11.9. The zero-order valence-electron chi connectivity index (χ0n) is 12.1. The molecule has 0 bridgehead atoms. The van der Waals surface area contributed by atoms with Crippen LogP contribution >= 0.6 is 23.2 Å². The zero-order valence-corrected chi connectivity index (χ0v) is 13.6. The summed E-state index contributed by atoms with van der Waals surface area (Å²) in [5, 5.41) is 1.01. The molecule has 0 spiro atoms. The van der Waals surface area contributed by atoms with Crippen LogP contribution in [0.5, 0.6) is 0 Å². The van der Waals surface area contributed by atoms with Crippen LogP contribution in [0.15, 0.2) is 18.2 Å². The zero-order chi connectivity index (χ0) is 15.5. The molecule has 4 nitrogen and oxygen atoms in total. The van der Waals surface area contributed by atoms with Gasteiger partial charge in [-0.1, -0.05) is 29.3 Å². The SMILES string of the molecule is CN(Cc1ccc(Cl)c(Cl)c1)C(=O)C1(CN)CCOCC1. The summed E-state index contributed by atoms with van der Waals surface area (Å²) in [6.07, 6.45) is 1.35. The van der Waals surface area contributed by atoms with Gasteiger partial charge in [-0.3, -0.25) is 4.79 Å². The molecule has 1 aliphatic rings. The van der Waals surface area contributed by atoms with Gasteiger partial charge in [0.2, 0.25) is 5.91 Å². The van der Waals surface area contributed by atoms with Gasteiger partial charge in [-0.2, -0.15) is 0 Å². The van der Waals surface area contributed by atoms with Crippen LogP contribution in [0.4, 0.5) is 0 Å². The summed E-state index contributed by atoms with van der Waals surface area (Å²) in [7, 11) is 1.79. The largest absolute Gasteiger partial charge is 0.381 e. The summed E-state index contributed by atoms with van der Waals surface area (Å²) in [6.45, 7) is 2.01. The summed E-state index contributed by atoms with van der Waals surface area (Å²) < 4.78 is 5.35. The fraction of sp³-hybridized carbons (Fsp3) is 0.533. The summed E-state index contributed by atoms with van der Waals surface area (Å²) in [5.74, 6) is 0.0689. The van der Waals surface area contributed by atoms with Crippen molar-refractivity contribution >= 4 is 29.1 Å². The van der Waals surface area contributed by atoms with Crippen molar-refractivity contribution in [2.24, 2.45) is 11.1 Å². The first-order valence-corrected chi connectivity index (χ1v) is 7.71. The van der Waals surface area contributed by atoms with Crippen molar-refractivity contribution < 1.29 is 9.53 Å². The highest BCUT2D eigenvalue weighted by Gasteiger charge is 2.40. The number of halogens is 2. The van der Waals surface area contributed by atoms with Crippen molar-refractivity contribution in [3.05, 3.63) is 33.8 Å². The average Bonchev–Trinajstić information content (AvgIpc) is 2.50. The molecule has 2 rings (SSSR count). The molecule has 1 aromatic rings. The maximum atomic E-state index is 12.7. The highest BCUT2D eigenvalue weighted by atomic mass is 35.5. The summed E-state index contributed by atoms with van der Waals surface area (Å²) in [5.41, 5.74) is 6.32. The molecule has 0 unspecified atom stereocenters. The van der Waals surface area contributed by atoms with Gasteiger partial charge in [0.1, 0.15) is 0 Å². The maximum absolute atomic E-state index is 12.7. The molecular weight excluding hydrogens is 311 g/mol. The molecule has 0 atom stereocenters. The Morgan fingerprint density at radius 2 is 2.00 bits per heavy atom. The first-order valence-electron chi connectivity index (χ1n) is 6.96. The topological polar surface area (TPSA) is 55.6 Å². The minimum absolute atomic E-state index is 0.0689. The van der Waals surface area contributed by atoms with E-state index in [1.807, 2.05) is 6.07 Å². The third kappa shape index (κ3) is 3.69. The Morgan fingerprint density at radius 3 is 2.57 bits per heavy atom. The lowest BCUT2D eigenvalue weighted by Gasteiger charge is -2.37. The minimum Gasteiger partial charge on any atom is -0.381 e. The summed E-state index contributed by atoms with van der Waals surface area (Å²) in [4.78, 5) is 14.4. The molecule has 1 saturated heterocycles. The first kappa shape index (κ1) is 16.6.